The largest absolute Gasteiger partial charge is 0.485 e. The minimum Gasteiger partial charge on any atom is -0.485 e. The third-order valence-electron chi connectivity index (χ3n) is 0.867. The van der Waals surface area contributed by atoms with Crippen LogP contribution < -0.4 is 4.74 Å². The van der Waals surface area contributed by atoms with Gasteiger partial charge in [-0.05, 0) is 0 Å². The van der Waals surface area contributed by atoms with Crippen molar-refractivity contribution in [1.29, 1.82) is 0 Å². The predicted octanol–water partition coefficient (Wildman–Crippen LogP) is 2.18. The summed E-state index contributed by atoms with van der Waals surface area (Å²) in [6, 6.07) is 0. The fourth-order valence-electron chi connectivity index (χ4n) is 0.455. The van der Waals surface area contributed by atoms with Crippen LogP contribution in [-0.4, -0.2) is 7.11 Å². The van der Waals surface area contributed by atoms with Crippen molar-refractivity contribution in [2.45, 2.75) is 4.90 Å². The highest BCUT2D eigenvalue weighted by atomic mass is 32.1. The fourth-order valence-corrected chi connectivity index (χ4v) is 1.42. The van der Waals surface area contributed by atoms with Crippen LogP contribution in [0, 0.1) is 5.82 Å². The Morgan fingerprint density at radius 3 is 2.67 bits per heavy atom. The molecule has 0 saturated carbocycles. The molecule has 0 saturated heterocycles. The van der Waals surface area contributed by atoms with Crippen LogP contribution in [0.25, 0.3) is 0 Å². The Labute approximate surface area is 61.9 Å². The molecule has 1 aromatic heterocycles. The van der Waals surface area contributed by atoms with Gasteiger partial charge in [-0.1, -0.05) is 0 Å². The van der Waals surface area contributed by atoms with Gasteiger partial charge in [0.15, 0.2) is 5.82 Å². The standard InChI is InChI=1S/C5H5FOS2/c1-7-5-4(6)3(8)2-9-5/h2,8H,1H3. The number of hydrogen-bond acceptors (Lipinski definition) is 3. The molecular formula is C5H5FOS2. The zero-order valence-corrected chi connectivity index (χ0v) is 6.43. The van der Waals surface area contributed by atoms with Crippen molar-refractivity contribution in [2.24, 2.45) is 0 Å². The van der Waals surface area contributed by atoms with Crippen molar-refractivity contribution < 1.29 is 9.13 Å². The Bertz CT molecular complexity index is 209. The molecule has 1 nitrogen and oxygen atoms in total. The molecule has 0 unspecified atom stereocenters. The first kappa shape index (κ1) is 6.89. The van der Waals surface area contributed by atoms with E-state index in [9.17, 15) is 4.39 Å². The van der Waals surface area contributed by atoms with Gasteiger partial charge in [-0.25, -0.2) is 4.39 Å². The van der Waals surface area contributed by atoms with Gasteiger partial charge in [0.05, 0.1) is 12.0 Å². The Morgan fingerprint density at radius 2 is 2.44 bits per heavy atom. The molecule has 0 fully saturated rings. The first-order chi connectivity index (χ1) is 4.25. The van der Waals surface area contributed by atoms with Crippen LogP contribution in [0.4, 0.5) is 4.39 Å². The van der Waals surface area contributed by atoms with Crippen LogP contribution >= 0.6 is 24.0 Å². The van der Waals surface area contributed by atoms with Gasteiger partial charge in [0.2, 0.25) is 5.06 Å². The molecule has 9 heavy (non-hydrogen) atoms. The fraction of sp³-hybridized carbons (Fsp3) is 0.200. The number of thiol groups is 1. The van der Waals surface area contributed by atoms with Crippen molar-refractivity contribution >= 4 is 24.0 Å². The van der Waals surface area contributed by atoms with Crippen molar-refractivity contribution in [1.82, 2.24) is 0 Å². The van der Waals surface area contributed by atoms with Crippen LogP contribution in [-0.2, 0) is 0 Å². The summed E-state index contributed by atoms with van der Waals surface area (Å²) in [5.74, 6) is -0.370. The highest BCUT2D eigenvalue weighted by Gasteiger charge is 2.07. The van der Waals surface area contributed by atoms with E-state index >= 15 is 0 Å². The number of thiophene rings is 1. The average Bonchev–Trinajstić information content (AvgIpc) is 2.15. The lowest BCUT2D eigenvalue weighted by Gasteiger charge is -1.90. The zero-order chi connectivity index (χ0) is 6.85. The third kappa shape index (κ3) is 1.19. The molecule has 0 amide bonds. The molecule has 0 bridgehead atoms. The van der Waals surface area contributed by atoms with Crippen LogP contribution in [0.5, 0.6) is 5.06 Å². The number of methoxy groups -OCH3 is 1. The molecule has 0 aliphatic rings. The number of halogens is 1. The summed E-state index contributed by atoms with van der Waals surface area (Å²) in [4.78, 5) is 0.344. The van der Waals surface area contributed by atoms with E-state index < -0.39 is 0 Å². The van der Waals surface area contributed by atoms with E-state index in [2.05, 4.69) is 17.4 Å². The normalized spacial score (nSPS) is 9.67. The first-order valence-electron chi connectivity index (χ1n) is 2.25. The van der Waals surface area contributed by atoms with Gasteiger partial charge in [0.25, 0.3) is 0 Å². The van der Waals surface area contributed by atoms with Crippen molar-refractivity contribution in [3.63, 3.8) is 0 Å². The Hall–Kier alpha value is -0.220. The van der Waals surface area contributed by atoms with E-state index in [4.69, 9.17) is 0 Å². The molecule has 1 rings (SSSR count). The summed E-state index contributed by atoms with van der Waals surface area (Å²) >= 11 is 5.03. The quantitative estimate of drug-likeness (QED) is 0.626. The Kier molecular flexibility index (Phi) is 1.97. The summed E-state index contributed by atoms with van der Waals surface area (Å²) in [7, 11) is 1.43. The maximum absolute atomic E-state index is 12.6. The minimum absolute atomic E-state index is 0.292. The van der Waals surface area contributed by atoms with Gasteiger partial charge >= 0.3 is 0 Å². The van der Waals surface area contributed by atoms with E-state index in [0.717, 1.165) is 0 Å². The highest BCUT2D eigenvalue weighted by Crippen LogP contribution is 2.30. The molecule has 0 aliphatic heterocycles. The van der Waals surface area contributed by atoms with Crippen LogP contribution in [0.2, 0.25) is 0 Å². The summed E-state index contributed by atoms with van der Waals surface area (Å²) in [6.07, 6.45) is 0. The lowest BCUT2D eigenvalue weighted by Crippen LogP contribution is -1.80. The summed E-state index contributed by atoms with van der Waals surface area (Å²) in [6.45, 7) is 0. The monoisotopic (exact) mass is 164 g/mol. The van der Waals surface area contributed by atoms with E-state index in [1.54, 1.807) is 5.38 Å². The number of ether oxygens (including phenoxy) is 1. The average molecular weight is 164 g/mol. The SMILES string of the molecule is COc1scc(S)c1F. The Balaban J connectivity index is 3.04. The minimum atomic E-state index is -0.370. The Morgan fingerprint density at radius 1 is 1.78 bits per heavy atom. The van der Waals surface area contributed by atoms with Crippen LogP contribution in [0.3, 0.4) is 0 Å². The molecular weight excluding hydrogens is 159 g/mol. The van der Waals surface area contributed by atoms with E-state index in [1.807, 2.05) is 0 Å². The summed E-state index contributed by atoms with van der Waals surface area (Å²) < 4.78 is 17.2. The molecule has 4 heteroatoms. The molecule has 50 valence electrons. The molecule has 0 N–H and O–H groups in total. The summed E-state index contributed by atoms with van der Waals surface area (Å²) in [5.41, 5.74) is 0. The molecule has 0 radical (unpaired) electrons. The zero-order valence-electron chi connectivity index (χ0n) is 4.72. The van der Waals surface area contributed by atoms with Gasteiger partial charge in [-0.3, -0.25) is 0 Å². The third-order valence-corrected chi connectivity index (χ3v) is 2.28. The second-order valence-corrected chi connectivity index (χ2v) is 2.75. The van der Waals surface area contributed by atoms with Gasteiger partial charge in [-0.15, -0.1) is 24.0 Å². The predicted molar refractivity (Wildman–Crippen MR) is 38.1 cm³/mol. The van der Waals surface area contributed by atoms with Crippen LogP contribution in [0.15, 0.2) is 10.3 Å². The van der Waals surface area contributed by atoms with Gasteiger partial charge in [0, 0.05) is 5.38 Å². The van der Waals surface area contributed by atoms with E-state index in [-0.39, 0.29) is 5.82 Å². The van der Waals surface area contributed by atoms with Gasteiger partial charge in [-0.2, -0.15) is 0 Å². The van der Waals surface area contributed by atoms with Crippen LogP contribution in [0.1, 0.15) is 0 Å². The van der Waals surface area contributed by atoms with Gasteiger partial charge in [0.1, 0.15) is 0 Å². The lowest BCUT2D eigenvalue weighted by atomic mass is 10.6. The maximum Gasteiger partial charge on any atom is 0.211 e. The van der Waals surface area contributed by atoms with Crippen molar-refractivity contribution in [3.8, 4) is 5.06 Å². The lowest BCUT2D eigenvalue weighted by molar-refractivity contribution is 0.396. The first-order valence-corrected chi connectivity index (χ1v) is 3.58. The van der Waals surface area contributed by atoms with Crippen molar-refractivity contribution in [3.05, 3.63) is 11.2 Å². The highest BCUT2D eigenvalue weighted by molar-refractivity contribution is 7.80. The molecule has 1 heterocycles. The van der Waals surface area contributed by atoms with Gasteiger partial charge < -0.3 is 4.74 Å². The molecule has 0 atom stereocenters. The topological polar surface area (TPSA) is 9.23 Å². The van der Waals surface area contributed by atoms with E-state index in [0.29, 0.717) is 9.96 Å². The molecule has 0 aliphatic carbocycles. The second-order valence-electron chi connectivity index (χ2n) is 1.43. The summed E-state index contributed by atoms with van der Waals surface area (Å²) in [5, 5.41) is 1.89. The second kappa shape index (κ2) is 2.58. The number of rotatable bonds is 1. The molecule has 0 spiro atoms. The smallest absolute Gasteiger partial charge is 0.211 e. The number of hydrogen-bond donors (Lipinski definition) is 1. The molecule has 1 aromatic rings. The van der Waals surface area contributed by atoms with Crippen molar-refractivity contribution in [2.75, 3.05) is 7.11 Å². The van der Waals surface area contributed by atoms with E-state index in [1.165, 1.54) is 18.4 Å². The molecule has 0 aromatic carbocycles. The maximum atomic E-state index is 12.6.